The monoisotopic (exact) mass is 333 g/mol. The Balaban J connectivity index is 1.88. The number of hydrogen-bond donors (Lipinski definition) is 1. The molecule has 24 heavy (non-hydrogen) atoms. The summed E-state index contributed by atoms with van der Waals surface area (Å²) < 4.78 is 1.58. The Labute approximate surface area is 143 Å². The molecule has 0 fully saturated rings. The van der Waals surface area contributed by atoms with E-state index >= 15 is 0 Å². The Bertz CT molecular complexity index is 1130. The van der Waals surface area contributed by atoms with Crippen molar-refractivity contribution in [2.24, 2.45) is 7.05 Å². The Morgan fingerprint density at radius 1 is 0.917 bits per heavy atom. The molecule has 118 valence electrons. The van der Waals surface area contributed by atoms with Crippen molar-refractivity contribution in [1.29, 1.82) is 0 Å². The highest BCUT2D eigenvalue weighted by Gasteiger charge is 2.15. The SMILES string of the molecule is Cn1c(=O)c(Sc2ccc3ccccc3c2)c(O)c2ccccc21. The Morgan fingerprint density at radius 3 is 2.46 bits per heavy atom. The smallest absolute Gasteiger partial charge is 0.268 e. The third kappa shape index (κ3) is 2.36. The van der Waals surface area contributed by atoms with Crippen molar-refractivity contribution in [2.45, 2.75) is 9.79 Å². The van der Waals surface area contributed by atoms with E-state index in [0.717, 1.165) is 21.2 Å². The molecule has 0 aliphatic carbocycles. The maximum absolute atomic E-state index is 12.7. The molecule has 1 N–H and O–H groups in total. The van der Waals surface area contributed by atoms with Crippen LogP contribution in [0.4, 0.5) is 0 Å². The van der Waals surface area contributed by atoms with E-state index in [2.05, 4.69) is 6.07 Å². The van der Waals surface area contributed by atoms with Gasteiger partial charge >= 0.3 is 0 Å². The van der Waals surface area contributed by atoms with Crippen molar-refractivity contribution in [3.8, 4) is 5.75 Å². The number of nitrogens with zero attached hydrogens (tertiary/aromatic N) is 1. The maximum Gasteiger partial charge on any atom is 0.268 e. The lowest BCUT2D eigenvalue weighted by molar-refractivity contribution is 0.465. The summed E-state index contributed by atoms with van der Waals surface area (Å²) in [6.07, 6.45) is 0. The predicted octanol–water partition coefficient (Wildman–Crippen LogP) is 4.55. The minimum Gasteiger partial charge on any atom is -0.506 e. The van der Waals surface area contributed by atoms with Gasteiger partial charge in [0.1, 0.15) is 10.6 Å². The summed E-state index contributed by atoms with van der Waals surface area (Å²) in [6, 6.07) is 21.5. The third-order valence-electron chi connectivity index (χ3n) is 4.18. The van der Waals surface area contributed by atoms with Crippen molar-refractivity contribution in [2.75, 3.05) is 0 Å². The van der Waals surface area contributed by atoms with Gasteiger partial charge in [0.25, 0.3) is 5.56 Å². The first-order chi connectivity index (χ1) is 11.6. The molecule has 3 aromatic carbocycles. The number of hydrogen-bond acceptors (Lipinski definition) is 3. The molecule has 0 aliphatic heterocycles. The number of aromatic hydroxyl groups is 1. The van der Waals surface area contributed by atoms with E-state index in [0.29, 0.717) is 10.3 Å². The fraction of sp³-hybridized carbons (Fsp3) is 0.0500. The Hall–Kier alpha value is -2.72. The topological polar surface area (TPSA) is 42.2 Å². The summed E-state index contributed by atoms with van der Waals surface area (Å²) in [4.78, 5) is 13.9. The number of para-hydroxylation sites is 1. The van der Waals surface area contributed by atoms with E-state index in [4.69, 9.17) is 0 Å². The number of aromatic nitrogens is 1. The Kier molecular flexibility index (Phi) is 3.54. The molecule has 0 saturated carbocycles. The van der Waals surface area contributed by atoms with Gasteiger partial charge in [-0.05, 0) is 35.0 Å². The molecule has 0 atom stereocenters. The molecular formula is C20H15NO2S. The molecule has 0 amide bonds. The van der Waals surface area contributed by atoms with Gasteiger partial charge in [0.15, 0.2) is 0 Å². The average Bonchev–Trinajstić information content (AvgIpc) is 2.63. The van der Waals surface area contributed by atoms with Crippen molar-refractivity contribution in [1.82, 2.24) is 4.57 Å². The van der Waals surface area contributed by atoms with E-state index < -0.39 is 0 Å². The highest BCUT2D eigenvalue weighted by molar-refractivity contribution is 7.99. The summed E-state index contributed by atoms with van der Waals surface area (Å²) in [5.41, 5.74) is 0.534. The average molecular weight is 333 g/mol. The van der Waals surface area contributed by atoms with Crippen LogP contribution < -0.4 is 5.56 Å². The number of fused-ring (bicyclic) bond motifs is 2. The lowest BCUT2D eigenvalue weighted by Crippen LogP contribution is -2.18. The van der Waals surface area contributed by atoms with Gasteiger partial charge in [0.2, 0.25) is 0 Å². The van der Waals surface area contributed by atoms with Gasteiger partial charge in [0.05, 0.1) is 5.52 Å². The van der Waals surface area contributed by atoms with Crippen molar-refractivity contribution in [3.05, 3.63) is 77.1 Å². The van der Waals surface area contributed by atoms with Crippen LogP contribution >= 0.6 is 11.8 Å². The standard InChI is InChI=1S/C20H15NO2S/c1-21-17-9-5-4-8-16(17)18(22)19(20(21)23)24-15-11-10-13-6-2-3-7-14(13)12-15/h2-12,22H,1H3. The lowest BCUT2D eigenvalue weighted by Gasteiger charge is -2.11. The zero-order valence-corrected chi connectivity index (χ0v) is 13.9. The summed E-state index contributed by atoms with van der Waals surface area (Å²) in [5.74, 6) is 0.0480. The minimum absolute atomic E-state index is 0.0480. The summed E-state index contributed by atoms with van der Waals surface area (Å²) in [6.45, 7) is 0. The summed E-state index contributed by atoms with van der Waals surface area (Å²) >= 11 is 1.30. The fourth-order valence-corrected chi connectivity index (χ4v) is 3.88. The molecule has 4 heteroatoms. The zero-order chi connectivity index (χ0) is 16.7. The van der Waals surface area contributed by atoms with Gasteiger partial charge in [-0.25, -0.2) is 0 Å². The third-order valence-corrected chi connectivity index (χ3v) is 5.24. The fourth-order valence-electron chi connectivity index (χ4n) is 2.89. The largest absolute Gasteiger partial charge is 0.506 e. The molecule has 0 bridgehead atoms. The van der Waals surface area contributed by atoms with Crippen LogP contribution in [0.15, 0.2) is 81.3 Å². The normalized spacial score (nSPS) is 11.2. The van der Waals surface area contributed by atoms with Crippen LogP contribution in [-0.2, 0) is 7.05 Å². The minimum atomic E-state index is -0.190. The second kappa shape index (κ2) is 5.73. The van der Waals surface area contributed by atoms with E-state index in [1.165, 1.54) is 11.8 Å². The van der Waals surface area contributed by atoms with Gasteiger partial charge in [-0.15, -0.1) is 0 Å². The van der Waals surface area contributed by atoms with Crippen molar-refractivity contribution in [3.63, 3.8) is 0 Å². The number of benzene rings is 3. The lowest BCUT2D eigenvalue weighted by atomic mass is 10.1. The maximum atomic E-state index is 12.7. The molecule has 4 aromatic rings. The molecule has 0 unspecified atom stereocenters. The molecular weight excluding hydrogens is 318 g/mol. The molecule has 0 spiro atoms. The second-order valence-corrected chi connectivity index (χ2v) is 6.75. The molecule has 0 radical (unpaired) electrons. The van der Waals surface area contributed by atoms with Crippen LogP contribution in [0.3, 0.4) is 0 Å². The zero-order valence-electron chi connectivity index (χ0n) is 13.1. The van der Waals surface area contributed by atoms with Crippen molar-refractivity contribution < 1.29 is 5.11 Å². The highest BCUT2D eigenvalue weighted by atomic mass is 32.2. The van der Waals surface area contributed by atoms with E-state index in [9.17, 15) is 9.90 Å². The summed E-state index contributed by atoms with van der Waals surface area (Å²) in [5, 5.41) is 13.5. The molecule has 4 rings (SSSR count). The number of pyridine rings is 1. The van der Waals surface area contributed by atoms with Crippen LogP contribution in [0.5, 0.6) is 5.75 Å². The molecule has 1 heterocycles. The quantitative estimate of drug-likeness (QED) is 0.585. The first-order valence-corrected chi connectivity index (χ1v) is 8.44. The molecule has 1 aromatic heterocycles. The van der Waals surface area contributed by atoms with Crippen molar-refractivity contribution >= 4 is 33.4 Å². The van der Waals surface area contributed by atoms with Crippen LogP contribution in [0, 0.1) is 0 Å². The predicted molar refractivity (Wildman–Crippen MR) is 98.9 cm³/mol. The van der Waals surface area contributed by atoms with E-state index in [1.807, 2.05) is 60.7 Å². The van der Waals surface area contributed by atoms with Gasteiger partial charge in [-0.1, -0.05) is 54.2 Å². The Morgan fingerprint density at radius 2 is 1.62 bits per heavy atom. The van der Waals surface area contributed by atoms with Crippen LogP contribution in [-0.4, -0.2) is 9.67 Å². The van der Waals surface area contributed by atoms with Crippen LogP contribution in [0.1, 0.15) is 0 Å². The van der Waals surface area contributed by atoms with Crippen LogP contribution in [0.25, 0.3) is 21.7 Å². The van der Waals surface area contributed by atoms with Crippen LogP contribution in [0.2, 0.25) is 0 Å². The highest BCUT2D eigenvalue weighted by Crippen LogP contribution is 2.37. The number of aryl methyl sites for hydroxylation is 1. The first kappa shape index (κ1) is 14.8. The summed E-state index contributed by atoms with van der Waals surface area (Å²) in [7, 11) is 1.73. The number of rotatable bonds is 2. The van der Waals surface area contributed by atoms with E-state index in [-0.39, 0.29) is 11.3 Å². The van der Waals surface area contributed by atoms with E-state index in [1.54, 1.807) is 11.6 Å². The second-order valence-electron chi connectivity index (χ2n) is 5.67. The molecule has 3 nitrogen and oxygen atoms in total. The molecule has 0 aliphatic rings. The first-order valence-electron chi connectivity index (χ1n) is 7.62. The van der Waals surface area contributed by atoms with Gasteiger partial charge in [-0.3, -0.25) is 4.79 Å². The van der Waals surface area contributed by atoms with Gasteiger partial charge in [-0.2, -0.15) is 0 Å². The van der Waals surface area contributed by atoms with Gasteiger partial charge in [0, 0.05) is 17.3 Å². The molecule has 0 saturated heterocycles. The van der Waals surface area contributed by atoms with Gasteiger partial charge < -0.3 is 9.67 Å².